The number of hydrogen-bond acceptors (Lipinski definition) is 1. The standard InChI is InChI=1S/C8H9IO/c9-5-7-2-1-3-8(4-7)6-10/h1-4,10H,5-6H2. The van der Waals surface area contributed by atoms with Gasteiger partial charge in [0.05, 0.1) is 6.61 Å². The van der Waals surface area contributed by atoms with Crippen LogP contribution in [0.5, 0.6) is 0 Å². The van der Waals surface area contributed by atoms with Gasteiger partial charge in [0.25, 0.3) is 0 Å². The van der Waals surface area contributed by atoms with Crippen LogP contribution in [0.4, 0.5) is 0 Å². The molecule has 1 aromatic carbocycles. The quantitative estimate of drug-likeness (QED) is 0.627. The molecule has 0 heterocycles. The average molecular weight is 248 g/mol. The maximum Gasteiger partial charge on any atom is 0.0681 e. The Morgan fingerprint density at radius 2 is 2.00 bits per heavy atom. The van der Waals surface area contributed by atoms with Gasteiger partial charge in [-0.2, -0.15) is 0 Å². The van der Waals surface area contributed by atoms with E-state index in [9.17, 15) is 0 Å². The zero-order valence-corrected chi connectivity index (χ0v) is 7.71. The maximum absolute atomic E-state index is 8.76. The van der Waals surface area contributed by atoms with Crippen molar-refractivity contribution in [2.45, 2.75) is 11.0 Å². The van der Waals surface area contributed by atoms with E-state index in [1.165, 1.54) is 5.56 Å². The maximum atomic E-state index is 8.76. The molecule has 1 nitrogen and oxygen atoms in total. The Kier molecular flexibility index (Phi) is 3.15. The van der Waals surface area contributed by atoms with E-state index in [4.69, 9.17) is 5.11 Å². The molecule has 0 aliphatic heterocycles. The molecule has 0 aromatic heterocycles. The van der Waals surface area contributed by atoms with E-state index in [1.54, 1.807) is 0 Å². The molecular weight excluding hydrogens is 239 g/mol. The molecule has 54 valence electrons. The van der Waals surface area contributed by atoms with Gasteiger partial charge in [-0.3, -0.25) is 0 Å². The smallest absolute Gasteiger partial charge is 0.0681 e. The van der Waals surface area contributed by atoms with Gasteiger partial charge < -0.3 is 5.11 Å². The van der Waals surface area contributed by atoms with Gasteiger partial charge in [-0.15, -0.1) is 0 Å². The fourth-order valence-electron chi connectivity index (χ4n) is 0.811. The van der Waals surface area contributed by atoms with E-state index < -0.39 is 0 Å². The summed E-state index contributed by atoms with van der Waals surface area (Å²) in [5.74, 6) is 0. The topological polar surface area (TPSA) is 20.2 Å². The highest BCUT2D eigenvalue weighted by Gasteiger charge is 1.90. The van der Waals surface area contributed by atoms with Gasteiger partial charge in [-0.05, 0) is 11.1 Å². The molecule has 0 amide bonds. The highest BCUT2D eigenvalue weighted by atomic mass is 127. The number of alkyl halides is 1. The molecule has 0 saturated heterocycles. The minimum absolute atomic E-state index is 0.143. The van der Waals surface area contributed by atoms with Crippen molar-refractivity contribution >= 4 is 22.6 Å². The van der Waals surface area contributed by atoms with Crippen molar-refractivity contribution in [1.29, 1.82) is 0 Å². The third-order valence-electron chi connectivity index (χ3n) is 1.33. The second-order valence-corrected chi connectivity index (χ2v) is 2.87. The first kappa shape index (κ1) is 8.01. The van der Waals surface area contributed by atoms with Gasteiger partial charge in [0.15, 0.2) is 0 Å². The van der Waals surface area contributed by atoms with Crippen molar-refractivity contribution in [3.63, 3.8) is 0 Å². The van der Waals surface area contributed by atoms with Gasteiger partial charge >= 0.3 is 0 Å². The van der Waals surface area contributed by atoms with Crippen LogP contribution in [0.3, 0.4) is 0 Å². The van der Waals surface area contributed by atoms with Crippen LogP contribution in [0.1, 0.15) is 11.1 Å². The Labute approximate surface area is 74.2 Å². The molecule has 0 spiro atoms. The predicted molar refractivity (Wildman–Crippen MR) is 50.1 cm³/mol. The van der Waals surface area contributed by atoms with Crippen LogP contribution in [0.2, 0.25) is 0 Å². The fraction of sp³-hybridized carbons (Fsp3) is 0.250. The van der Waals surface area contributed by atoms with E-state index in [0.29, 0.717) is 0 Å². The molecule has 0 fully saturated rings. The lowest BCUT2D eigenvalue weighted by Crippen LogP contribution is -1.84. The molecule has 0 unspecified atom stereocenters. The van der Waals surface area contributed by atoms with Gasteiger partial charge in [0.2, 0.25) is 0 Å². The summed E-state index contributed by atoms with van der Waals surface area (Å²) in [7, 11) is 0. The Hall–Kier alpha value is -0.0900. The van der Waals surface area contributed by atoms with Crippen molar-refractivity contribution in [1.82, 2.24) is 0 Å². The summed E-state index contributed by atoms with van der Waals surface area (Å²) in [5, 5.41) is 8.76. The molecule has 1 rings (SSSR count). The molecule has 0 aliphatic rings. The normalized spacial score (nSPS) is 9.80. The highest BCUT2D eigenvalue weighted by Crippen LogP contribution is 2.08. The zero-order valence-electron chi connectivity index (χ0n) is 5.55. The van der Waals surface area contributed by atoms with Gasteiger partial charge in [0, 0.05) is 4.43 Å². The van der Waals surface area contributed by atoms with Gasteiger partial charge in [-0.1, -0.05) is 46.9 Å². The molecule has 0 saturated carbocycles. The molecule has 0 atom stereocenters. The number of halogens is 1. The summed E-state index contributed by atoms with van der Waals surface area (Å²) in [5.41, 5.74) is 2.27. The minimum atomic E-state index is 0.143. The van der Waals surface area contributed by atoms with Crippen molar-refractivity contribution in [3.05, 3.63) is 35.4 Å². The summed E-state index contributed by atoms with van der Waals surface area (Å²) in [6.45, 7) is 0.143. The molecule has 1 aromatic rings. The second-order valence-electron chi connectivity index (χ2n) is 2.11. The Morgan fingerprint density at radius 3 is 2.60 bits per heavy atom. The lowest BCUT2D eigenvalue weighted by molar-refractivity contribution is 0.282. The van der Waals surface area contributed by atoms with Crippen LogP contribution in [-0.4, -0.2) is 5.11 Å². The number of aliphatic hydroxyl groups is 1. The molecule has 1 N–H and O–H groups in total. The summed E-state index contributed by atoms with van der Waals surface area (Å²) in [6.07, 6.45) is 0. The lowest BCUT2D eigenvalue weighted by atomic mass is 10.1. The van der Waals surface area contributed by atoms with Gasteiger partial charge in [0.1, 0.15) is 0 Å². The molecule has 2 heteroatoms. The van der Waals surface area contributed by atoms with Crippen LogP contribution < -0.4 is 0 Å². The Bertz CT molecular complexity index is 191. The van der Waals surface area contributed by atoms with Crippen LogP contribution >= 0.6 is 22.6 Å². The summed E-state index contributed by atoms with van der Waals surface area (Å²) in [6, 6.07) is 7.98. The van der Waals surface area contributed by atoms with Crippen molar-refractivity contribution in [2.75, 3.05) is 0 Å². The third-order valence-corrected chi connectivity index (χ3v) is 2.21. The second kappa shape index (κ2) is 3.93. The number of benzene rings is 1. The zero-order chi connectivity index (χ0) is 7.40. The molecule has 0 radical (unpaired) electrons. The van der Waals surface area contributed by atoms with Crippen LogP contribution in [0, 0.1) is 0 Å². The Morgan fingerprint density at radius 1 is 1.30 bits per heavy atom. The van der Waals surface area contributed by atoms with E-state index in [2.05, 4.69) is 28.7 Å². The highest BCUT2D eigenvalue weighted by molar-refractivity contribution is 14.1. The average Bonchev–Trinajstić information content (AvgIpc) is 2.05. The SMILES string of the molecule is OCc1cccc(CI)c1. The van der Waals surface area contributed by atoms with Crippen LogP contribution in [0.15, 0.2) is 24.3 Å². The van der Waals surface area contributed by atoms with E-state index in [-0.39, 0.29) is 6.61 Å². The third kappa shape index (κ3) is 1.95. The molecule has 10 heavy (non-hydrogen) atoms. The van der Waals surface area contributed by atoms with Crippen LogP contribution in [0.25, 0.3) is 0 Å². The first-order chi connectivity index (χ1) is 4.86. The first-order valence-corrected chi connectivity index (χ1v) is 4.64. The van der Waals surface area contributed by atoms with Gasteiger partial charge in [-0.25, -0.2) is 0 Å². The summed E-state index contributed by atoms with van der Waals surface area (Å²) in [4.78, 5) is 0. The van der Waals surface area contributed by atoms with E-state index in [1.807, 2.05) is 18.2 Å². The molecular formula is C8H9IO. The van der Waals surface area contributed by atoms with Crippen molar-refractivity contribution < 1.29 is 5.11 Å². The molecule has 0 aliphatic carbocycles. The number of hydrogen-bond donors (Lipinski definition) is 1. The number of aliphatic hydroxyl groups excluding tert-OH is 1. The lowest BCUT2D eigenvalue weighted by Gasteiger charge is -1.97. The van der Waals surface area contributed by atoms with E-state index >= 15 is 0 Å². The fourth-order valence-corrected chi connectivity index (χ4v) is 1.29. The Balaban J connectivity index is 2.87. The largest absolute Gasteiger partial charge is 0.392 e. The first-order valence-electron chi connectivity index (χ1n) is 3.11. The summed E-state index contributed by atoms with van der Waals surface area (Å²) >= 11 is 2.30. The van der Waals surface area contributed by atoms with Crippen molar-refractivity contribution in [2.24, 2.45) is 0 Å². The number of rotatable bonds is 2. The monoisotopic (exact) mass is 248 g/mol. The van der Waals surface area contributed by atoms with Crippen LogP contribution in [-0.2, 0) is 11.0 Å². The van der Waals surface area contributed by atoms with E-state index in [0.717, 1.165) is 9.99 Å². The minimum Gasteiger partial charge on any atom is -0.392 e. The summed E-state index contributed by atoms with van der Waals surface area (Å²) < 4.78 is 1.01. The molecule has 0 bridgehead atoms. The van der Waals surface area contributed by atoms with Crippen molar-refractivity contribution in [3.8, 4) is 0 Å². The predicted octanol–water partition coefficient (Wildman–Crippen LogP) is 2.11.